The maximum absolute atomic E-state index is 5.31. The van der Waals surface area contributed by atoms with Gasteiger partial charge in [0.25, 0.3) is 0 Å². The number of hydrogen-bond donors (Lipinski definition) is 1. The minimum atomic E-state index is 0.383. The monoisotopic (exact) mass is 128 g/mol. The largest absolute Gasteiger partial charge is 0.481 e. The minimum absolute atomic E-state index is 0.383. The Labute approximate surface area is 54.9 Å². The van der Waals surface area contributed by atoms with E-state index in [0.29, 0.717) is 6.04 Å². The Hall–Kier alpha value is -0.570. The van der Waals surface area contributed by atoms with Crippen LogP contribution in [0.2, 0.25) is 0 Å². The van der Waals surface area contributed by atoms with Crippen molar-refractivity contribution in [1.29, 1.82) is 0 Å². The minimum Gasteiger partial charge on any atom is -0.481 e. The van der Waals surface area contributed by atoms with Crippen LogP contribution in [0.1, 0.15) is 12.8 Å². The summed E-state index contributed by atoms with van der Waals surface area (Å²) < 4.78 is 4.92. The van der Waals surface area contributed by atoms with Crippen LogP contribution < -0.4 is 5.73 Å². The number of nitrogens with two attached hydrogens (primary N) is 1. The van der Waals surface area contributed by atoms with Crippen molar-refractivity contribution in [2.45, 2.75) is 18.9 Å². The molecule has 1 atom stereocenters. The van der Waals surface area contributed by atoms with E-state index in [9.17, 15) is 0 Å². The van der Waals surface area contributed by atoms with Gasteiger partial charge >= 0.3 is 0 Å². The molecule has 0 saturated heterocycles. The molecule has 3 nitrogen and oxygen atoms in total. The van der Waals surface area contributed by atoms with E-state index in [4.69, 9.17) is 10.5 Å². The molecule has 1 rings (SSSR count). The van der Waals surface area contributed by atoms with Gasteiger partial charge in [0, 0.05) is 0 Å². The first-order valence-corrected chi connectivity index (χ1v) is 3.27. The van der Waals surface area contributed by atoms with Gasteiger partial charge in [-0.05, 0) is 19.4 Å². The topological polar surface area (TPSA) is 47.6 Å². The van der Waals surface area contributed by atoms with Crippen LogP contribution in [-0.2, 0) is 4.74 Å². The SMILES string of the molecule is NCCCC1COC=N1. The molecule has 0 bridgehead atoms. The molecule has 2 N–H and O–H groups in total. The summed E-state index contributed by atoms with van der Waals surface area (Å²) >= 11 is 0. The molecule has 3 heteroatoms. The van der Waals surface area contributed by atoms with E-state index in [1.165, 1.54) is 6.40 Å². The number of aliphatic imine (C=N–C) groups is 1. The maximum Gasteiger partial charge on any atom is 0.169 e. The van der Waals surface area contributed by atoms with Crippen LogP contribution in [-0.4, -0.2) is 25.6 Å². The Kier molecular flexibility index (Phi) is 2.51. The van der Waals surface area contributed by atoms with E-state index >= 15 is 0 Å². The zero-order valence-electron chi connectivity index (χ0n) is 5.42. The zero-order valence-corrected chi connectivity index (χ0v) is 5.42. The molecule has 52 valence electrons. The van der Waals surface area contributed by atoms with Crippen LogP contribution in [0, 0.1) is 0 Å². The van der Waals surface area contributed by atoms with Crippen molar-refractivity contribution in [1.82, 2.24) is 0 Å². The highest BCUT2D eigenvalue weighted by Crippen LogP contribution is 2.05. The van der Waals surface area contributed by atoms with Crippen LogP contribution >= 0.6 is 0 Å². The highest BCUT2D eigenvalue weighted by Gasteiger charge is 2.09. The van der Waals surface area contributed by atoms with Gasteiger partial charge in [-0.15, -0.1) is 0 Å². The van der Waals surface area contributed by atoms with Crippen molar-refractivity contribution in [3.05, 3.63) is 0 Å². The molecule has 9 heavy (non-hydrogen) atoms. The number of ether oxygens (including phenoxy) is 1. The molecule has 0 aromatic rings. The molecule has 1 aliphatic rings. The van der Waals surface area contributed by atoms with Crippen molar-refractivity contribution in [2.24, 2.45) is 10.7 Å². The molecule has 0 saturated carbocycles. The molecule has 0 fully saturated rings. The molecule has 0 aromatic heterocycles. The third-order valence-electron chi connectivity index (χ3n) is 1.38. The van der Waals surface area contributed by atoms with E-state index < -0.39 is 0 Å². The molecule has 0 amide bonds. The van der Waals surface area contributed by atoms with Crippen molar-refractivity contribution < 1.29 is 4.74 Å². The lowest BCUT2D eigenvalue weighted by Gasteiger charge is -2.01. The zero-order chi connectivity index (χ0) is 6.53. The lowest BCUT2D eigenvalue weighted by Crippen LogP contribution is -2.09. The Bertz CT molecular complexity index is 103. The third-order valence-corrected chi connectivity index (χ3v) is 1.38. The van der Waals surface area contributed by atoms with Gasteiger partial charge in [-0.3, -0.25) is 4.99 Å². The predicted molar refractivity (Wildman–Crippen MR) is 36.5 cm³/mol. The molecule has 1 aliphatic heterocycles. The van der Waals surface area contributed by atoms with Crippen LogP contribution in [0.25, 0.3) is 0 Å². The van der Waals surface area contributed by atoms with Crippen LogP contribution in [0.4, 0.5) is 0 Å². The maximum atomic E-state index is 5.31. The average Bonchev–Trinajstić information content (AvgIpc) is 2.34. The van der Waals surface area contributed by atoms with E-state index in [1.807, 2.05) is 0 Å². The number of hydrogen-bond acceptors (Lipinski definition) is 3. The van der Waals surface area contributed by atoms with Gasteiger partial charge in [0.05, 0.1) is 6.04 Å². The highest BCUT2D eigenvalue weighted by atomic mass is 16.5. The Morgan fingerprint density at radius 1 is 1.78 bits per heavy atom. The van der Waals surface area contributed by atoms with Gasteiger partial charge in [0.15, 0.2) is 6.40 Å². The Morgan fingerprint density at radius 3 is 3.22 bits per heavy atom. The first-order chi connectivity index (χ1) is 4.43. The predicted octanol–water partition coefficient (Wildman–Crippen LogP) is 0.152. The molecule has 0 radical (unpaired) electrons. The molecule has 0 aliphatic carbocycles. The van der Waals surface area contributed by atoms with E-state index in [1.54, 1.807) is 0 Å². The van der Waals surface area contributed by atoms with Crippen molar-refractivity contribution >= 4 is 6.40 Å². The Balaban J connectivity index is 2.05. The van der Waals surface area contributed by atoms with E-state index in [0.717, 1.165) is 26.0 Å². The summed E-state index contributed by atoms with van der Waals surface area (Å²) in [6, 6.07) is 0.383. The fourth-order valence-corrected chi connectivity index (χ4v) is 0.838. The summed E-state index contributed by atoms with van der Waals surface area (Å²) in [5.41, 5.74) is 5.31. The molecular formula is C6H12N2O. The molecule has 1 unspecified atom stereocenters. The highest BCUT2D eigenvalue weighted by molar-refractivity contribution is 5.48. The van der Waals surface area contributed by atoms with Crippen molar-refractivity contribution in [3.63, 3.8) is 0 Å². The van der Waals surface area contributed by atoms with Gasteiger partial charge in [-0.2, -0.15) is 0 Å². The third kappa shape index (κ3) is 2.01. The first kappa shape index (κ1) is 6.55. The van der Waals surface area contributed by atoms with Gasteiger partial charge in [-0.25, -0.2) is 0 Å². The second-order valence-corrected chi connectivity index (χ2v) is 2.17. The van der Waals surface area contributed by atoms with Crippen LogP contribution in [0.15, 0.2) is 4.99 Å². The quantitative estimate of drug-likeness (QED) is 0.588. The number of rotatable bonds is 3. The lowest BCUT2D eigenvalue weighted by molar-refractivity contribution is 0.320. The van der Waals surface area contributed by atoms with Crippen molar-refractivity contribution in [2.75, 3.05) is 13.2 Å². The number of nitrogens with zero attached hydrogens (tertiary/aromatic N) is 1. The molecule has 0 spiro atoms. The van der Waals surface area contributed by atoms with Gasteiger partial charge in [0.2, 0.25) is 0 Å². The van der Waals surface area contributed by atoms with Gasteiger partial charge in [0.1, 0.15) is 6.61 Å². The second kappa shape index (κ2) is 3.45. The standard InChI is InChI=1S/C6H12N2O/c7-3-1-2-6-4-9-5-8-6/h5-6H,1-4,7H2. The molecular weight excluding hydrogens is 116 g/mol. The second-order valence-electron chi connectivity index (χ2n) is 2.17. The fourth-order valence-electron chi connectivity index (χ4n) is 0.838. The summed E-state index contributed by atoms with van der Waals surface area (Å²) in [5.74, 6) is 0. The molecule has 0 aromatic carbocycles. The van der Waals surface area contributed by atoms with E-state index in [-0.39, 0.29) is 0 Å². The lowest BCUT2D eigenvalue weighted by atomic mass is 10.2. The van der Waals surface area contributed by atoms with Crippen molar-refractivity contribution in [3.8, 4) is 0 Å². The van der Waals surface area contributed by atoms with Crippen LogP contribution in [0.5, 0.6) is 0 Å². The fraction of sp³-hybridized carbons (Fsp3) is 0.833. The Morgan fingerprint density at radius 2 is 2.67 bits per heavy atom. The first-order valence-electron chi connectivity index (χ1n) is 3.27. The summed E-state index contributed by atoms with van der Waals surface area (Å²) in [6.07, 6.45) is 3.64. The summed E-state index contributed by atoms with van der Waals surface area (Å²) in [4.78, 5) is 4.07. The molecule has 1 heterocycles. The summed E-state index contributed by atoms with van der Waals surface area (Å²) in [5, 5.41) is 0. The van der Waals surface area contributed by atoms with E-state index in [2.05, 4.69) is 4.99 Å². The normalized spacial score (nSPS) is 24.3. The van der Waals surface area contributed by atoms with Gasteiger partial charge < -0.3 is 10.5 Å². The van der Waals surface area contributed by atoms with Gasteiger partial charge in [-0.1, -0.05) is 0 Å². The summed E-state index contributed by atoms with van der Waals surface area (Å²) in [7, 11) is 0. The van der Waals surface area contributed by atoms with Crippen LogP contribution in [0.3, 0.4) is 0 Å². The average molecular weight is 128 g/mol. The summed E-state index contributed by atoms with van der Waals surface area (Å²) in [6.45, 7) is 1.51. The smallest absolute Gasteiger partial charge is 0.169 e.